The third-order valence-electron chi connectivity index (χ3n) is 7.41. The Morgan fingerprint density at radius 1 is 1.06 bits per heavy atom. The van der Waals surface area contributed by atoms with Crippen LogP contribution in [0.25, 0.3) is 5.69 Å². The molecule has 2 N–H and O–H groups in total. The highest BCUT2D eigenvalue weighted by atomic mass is 19.4. The monoisotopic (exact) mass is 484 g/mol. The lowest BCUT2D eigenvalue weighted by Crippen LogP contribution is -2.58. The van der Waals surface area contributed by atoms with E-state index in [1.54, 1.807) is 18.2 Å². The minimum absolute atomic E-state index is 0.154. The molecule has 3 aliphatic rings. The summed E-state index contributed by atoms with van der Waals surface area (Å²) < 4.78 is 47.0. The highest BCUT2D eigenvalue weighted by molar-refractivity contribution is 5.45. The van der Waals surface area contributed by atoms with Gasteiger partial charge in [0.1, 0.15) is 5.75 Å². The zero-order chi connectivity index (χ0) is 24.0. The highest BCUT2D eigenvalue weighted by Crippen LogP contribution is 2.43. The molecule has 7 nitrogen and oxygen atoms in total. The van der Waals surface area contributed by atoms with E-state index in [-0.39, 0.29) is 23.4 Å². The van der Waals surface area contributed by atoms with E-state index >= 15 is 0 Å². The molecule has 0 amide bonds. The molecule has 6 rings (SSSR count). The summed E-state index contributed by atoms with van der Waals surface area (Å²) in [5.41, 5.74) is 2.16. The third-order valence-corrected chi connectivity index (χ3v) is 7.41. The maximum atomic E-state index is 13.4. The quantitative estimate of drug-likeness (QED) is 0.526. The van der Waals surface area contributed by atoms with Crippen molar-refractivity contribution in [2.75, 3.05) is 0 Å². The van der Waals surface area contributed by atoms with E-state index in [0.29, 0.717) is 18.3 Å². The van der Waals surface area contributed by atoms with Crippen LogP contribution in [-0.2, 0) is 18.3 Å². The van der Waals surface area contributed by atoms with Crippen LogP contribution in [0.5, 0.6) is 5.75 Å². The predicted octanol–water partition coefficient (Wildman–Crippen LogP) is 4.12. The van der Waals surface area contributed by atoms with Crippen molar-refractivity contribution in [1.29, 1.82) is 0 Å². The van der Waals surface area contributed by atoms with Crippen molar-refractivity contribution in [2.45, 2.75) is 75.0 Å². The topological polar surface area (TPSA) is 76.9 Å². The first kappa shape index (κ1) is 22.5. The maximum absolute atomic E-state index is 13.4. The normalized spacial score (nSPS) is 26.1. The number of halogens is 3. The van der Waals surface area contributed by atoms with Crippen LogP contribution in [0.1, 0.15) is 55.5 Å². The van der Waals surface area contributed by atoms with Crippen LogP contribution in [0, 0.1) is 0 Å². The van der Waals surface area contributed by atoms with Crippen molar-refractivity contribution < 1.29 is 17.9 Å². The molecule has 3 heterocycles. The second-order valence-electron chi connectivity index (χ2n) is 9.75. The van der Waals surface area contributed by atoms with Gasteiger partial charge in [-0.3, -0.25) is 0 Å². The van der Waals surface area contributed by atoms with E-state index in [4.69, 9.17) is 4.74 Å². The van der Waals surface area contributed by atoms with Gasteiger partial charge in [-0.15, -0.1) is 5.10 Å². The standard InChI is InChI=1S/C25H27F3N6O/c26-25(27,28)23-31-32-33-34(23)19-7-10-21(35-20-8-9-20)16(14-19)15-29-22-11-6-18-12-13-24(22,30-18)17-4-2-1-3-5-17/h1-5,7,10,14,18,20,22,29-30H,6,8-9,11-13,15H2/t18-,22+,24+/m0/s1. The Kier molecular flexibility index (Phi) is 5.52. The summed E-state index contributed by atoms with van der Waals surface area (Å²) >= 11 is 0. The van der Waals surface area contributed by atoms with Crippen LogP contribution < -0.4 is 15.4 Å². The van der Waals surface area contributed by atoms with Gasteiger partial charge in [0.15, 0.2) is 0 Å². The number of hydrogen-bond donors (Lipinski definition) is 2. The Morgan fingerprint density at radius 2 is 1.89 bits per heavy atom. The lowest BCUT2D eigenvalue weighted by atomic mass is 9.79. The van der Waals surface area contributed by atoms with Crippen LogP contribution in [0.4, 0.5) is 13.2 Å². The number of aromatic nitrogens is 4. The van der Waals surface area contributed by atoms with Gasteiger partial charge in [-0.25, -0.2) is 0 Å². The fourth-order valence-electron chi connectivity index (χ4n) is 5.54. The summed E-state index contributed by atoms with van der Waals surface area (Å²) in [6.07, 6.45) is 1.80. The van der Waals surface area contributed by atoms with Gasteiger partial charge < -0.3 is 15.4 Å². The molecule has 0 spiro atoms. The first-order chi connectivity index (χ1) is 16.9. The smallest absolute Gasteiger partial charge is 0.453 e. The fourth-order valence-corrected chi connectivity index (χ4v) is 5.54. The minimum atomic E-state index is -4.65. The Morgan fingerprint density at radius 3 is 2.66 bits per heavy atom. The lowest BCUT2D eigenvalue weighted by molar-refractivity contribution is -0.146. The van der Waals surface area contributed by atoms with Crippen molar-refractivity contribution in [1.82, 2.24) is 30.8 Å². The average Bonchev–Trinajstić information content (AvgIpc) is 3.39. The molecule has 2 saturated heterocycles. The SMILES string of the molecule is FC(F)(F)c1nnnn1-c1ccc(OC2CC2)c(CN[C@@H]2CC[C@H]3CC[C@]2(c2ccccc2)N3)c1. The number of ether oxygens (including phenoxy) is 1. The molecule has 2 aliphatic heterocycles. The number of tetrazole rings is 1. The summed E-state index contributed by atoms with van der Waals surface area (Å²) in [5.74, 6) is -0.462. The van der Waals surface area contributed by atoms with Crippen molar-refractivity contribution in [3.63, 3.8) is 0 Å². The Balaban J connectivity index is 1.30. The second kappa shape index (κ2) is 8.60. The Hall–Kier alpha value is -2.98. The van der Waals surface area contributed by atoms with Crippen LogP contribution in [-0.4, -0.2) is 38.4 Å². The number of alkyl halides is 3. The van der Waals surface area contributed by atoms with Crippen molar-refractivity contribution in [3.8, 4) is 11.4 Å². The van der Waals surface area contributed by atoms with Crippen LogP contribution in [0.15, 0.2) is 48.5 Å². The van der Waals surface area contributed by atoms with Gasteiger partial charge in [-0.2, -0.15) is 17.9 Å². The number of fused-ring (bicyclic) bond motifs is 2. The average molecular weight is 485 g/mol. The molecule has 35 heavy (non-hydrogen) atoms. The summed E-state index contributed by atoms with van der Waals surface area (Å²) in [5, 5.41) is 17.6. The summed E-state index contributed by atoms with van der Waals surface area (Å²) in [6, 6.07) is 16.2. The fraction of sp³-hybridized carbons (Fsp3) is 0.480. The summed E-state index contributed by atoms with van der Waals surface area (Å²) in [6.45, 7) is 0.463. The molecule has 2 bridgehead atoms. The highest BCUT2D eigenvalue weighted by Gasteiger charge is 2.49. The molecule has 3 aromatic rings. The van der Waals surface area contributed by atoms with Crippen LogP contribution >= 0.6 is 0 Å². The van der Waals surface area contributed by atoms with Gasteiger partial charge in [0.25, 0.3) is 5.82 Å². The molecule has 1 saturated carbocycles. The Labute approximate surface area is 201 Å². The number of hydrogen-bond acceptors (Lipinski definition) is 6. The van der Waals surface area contributed by atoms with Crippen molar-refractivity contribution in [2.24, 2.45) is 0 Å². The molecule has 3 fully saturated rings. The maximum Gasteiger partial charge on any atom is 0.453 e. The molecule has 2 aromatic carbocycles. The summed E-state index contributed by atoms with van der Waals surface area (Å²) in [7, 11) is 0. The van der Waals surface area contributed by atoms with E-state index in [1.807, 2.05) is 6.07 Å². The first-order valence-electron chi connectivity index (χ1n) is 12.1. The Bertz CT molecular complexity index is 1200. The minimum Gasteiger partial charge on any atom is -0.490 e. The third kappa shape index (κ3) is 4.29. The first-order valence-corrected chi connectivity index (χ1v) is 12.1. The predicted molar refractivity (Wildman–Crippen MR) is 122 cm³/mol. The second-order valence-corrected chi connectivity index (χ2v) is 9.75. The van der Waals surface area contributed by atoms with E-state index < -0.39 is 12.0 Å². The van der Waals surface area contributed by atoms with Gasteiger partial charge in [0, 0.05) is 24.2 Å². The molecular formula is C25H27F3N6O. The zero-order valence-electron chi connectivity index (χ0n) is 19.1. The molecule has 0 unspecified atom stereocenters. The molecule has 1 aromatic heterocycles. The van der Waals surface area contributed by atoms with Gasteiger partial charge in [-0.1, -0.05) is 30.3 Å². The van der Waals surface area contributed by atoms with E-state index in [0.717, 1.165) is 48.8 Å². The van der Waals surface area contributed by atoms with Crippen LogP contribution in [0.2, 0.25) is 0 Å². The van der Waals surface area contributed by atoms with Gasteiger partial charge in [0.05, 0.1) is 17.3 Å². The number of nitrogens with zero attached hydrogens (tertiary/aromatic N) is 4. The molecule has 184 valence electrons. The van der Waals surface area contributed by atoms with Gasteiger partial charge >= 0.3 is 6.18 Å². The number of benzene rings is 2. The van der Waals surface area contributed by atoms with Crippen LogP contribution in [0.3, 0.4) is 0 Å². The molecule has 3 atom stereocenters. The summed E-state index contributed by atoms with van der Waals surface area (Å²) in [4.78, 5) is 0. The van der Waals surface area contributed by atoms with E-state index in [9.17, 15) is 13.2 Å². The van der Waals surface area contributed by atoms with Gasteiger partial charge in [-0.05, 0) is 72.7 Å². The number of piperidine rings is 1. The zero-order valence-corrected chi connectivity index (χ0v) is 19.1. The largest absolute Gasteiger partial charge is 0.490 e. The van der Waals surface area contributed by atoms with Crippen molar-refractivity contribution >= 4 is 0 Å². The molecule has 0 radical (unpaired) electrons. The number of nitrogens with one attached hydrogen (secondary N) is 2. The van der Waals surface area contributed by atoms with E-state index in [2.05, 4.69) is 50.4 Å². The van der Waals surface area contributed by atoms with Crippen molar-refractivity contribution in [3.05, 3.63) is 65.5 Å². The van der Waals surface area contributed by atoms with Gasteiger partial charge in [0.2, 0.25) is 0 Å². The number of rotatable bonds is 7. The molecule has 1 aliphatic carbocycles. The molecular weight excluding hydrogens is 457 g/mol. The molecule has 10 heteroatoms. The lowest BCUT2D eigenvalue weighted by Gasteiger charge is -2.43. The van der Waals surface area contributed by atoms with E-state index in [1.165, 1.54) is 5.56 Å².